The highest BCUT2D eigenvalue weighted by molar-refractivity contribution is 5.79. The molecular weight excluding hydrogens is 560 g/mol. The van der Waals surface area contributed by atoms with E-state index in [4.69, 9.17) is 4.74 Å². The summed E-state index contributed by atoms with van der Waals surface area (Å²) in [4.78, 5) is 2.51. The minimum Gasteiger partial charge on any atom is -0.494 e. The third kappa shape index (κ3) is 14.9. The predicted octanol–water partition coefficient (Wildman–Crippen LogP) is 11.6. The Kier molecular flexibility index (Phi) is 21.2. The van der Waals surface area contributed by atoms with Crippen LogP contribution in [0.2, 0.25) is 0 Å². The molecule has 3 heteroatoms. The molecule has 1 atom stereocenters. The first-order chi connectivity index (χ1) is 22.3. The summed E-state index contributed by atoms with van der Waals surface area (Å²) in [6.45, 7) is 25.8. The van der Waals surface area contributed by atoms with Crippen molar-refractivity contribution in [1.82, 2.24) is 10.2 Å². The van der Waals surface area contributed by atoms with Crippen molar-refractivity contribution in [2.75, 3.05) is 33.8 Å². The van der Waals surface area contributed by atoms with Gasteiger partial charge in [-0.05, 0) is 130 Å². The lowest BCUT2D eigenvalue weighted by Gasteiger charge is -2.22. The average Bonchev–Trinajstić information content (AvgIpc) is 3.34. The van der Waals surface area contributed by atoms with Crippen molar-refractivity contribution in [1.29, 1.82) is 0 Å². The summed E-state index contributed by atoms with van der Waals surface area (Å²) in [5.41, 5.74) is 10.1. The monoisotopic (exact) mass is 627 g/mol. The molecule has 1 aliphatic rings. The van der Waals surface area contributed by atoms with Crippen LogP contribution in [0.1, 0.15) is 115 Å². The molecule has 254 valence electrons. The van der Waals surface area contributed by atoms with Crippen LogP contribution < -0.4 is 10.1 Å². The smallest absolute Gasteiger partial charge is 0.122 e. The van der Waals surface area contributed by atoms with Crippen LogP contribution in [0, 0.1) is 6.92 Å². The third-order valence-electron chi connectivity index (χ3n) is 8.53. The molecule has 0 fully saturated rings. The number of nitrogens with zero attached hydrogens (tertiary/aromatic N) is 1. The van der Waals surface area contributed by atoms with E-state index in [-0.39, 0.29) is 0 Å². The fourth-order valence-electron chi connectivity index (χ4n) is 5.41. The maximum atomic E-state index is 5.80. The maximum absolute atomic E-state index is 5.80. The van der Waals surface area contributed by atoms with Gasteiger partial charge in [0.1, 0.15) is 5.75 Å². The molecule has 0 amide bonds. The van der Waals surface area contributed by atoms with Crippen molar-refractivity contribution in [2.24, 2.45) is 0 Å². The normalized spacial score (nSPS) is 12.8. The zero-order chi connectivity index (χ0) is 34.3. The van der Waals surface area contributed by atoms with Crippen LogP contribution in [0.5, 0.6) is 5.75 Å². The van der Waals surface area contributed by atoms with E-state index in [2.05, 4.69) is 125 Å². The number of nitrogens with one attached hydrogen (secondary N) is 1. The van der Waals surface area contributed by atoms with Gasteiger partial charge in [0.15, 0.2) is 0 Å². The molecule has 46 heavy (non-hydrogen) atoms. The van der Waals surface area contributed by atoms with E-state index in [9.17, 15) is 0 Å². The lowest BCUT2D eigenvalue weighted by molar-refractivity contribution is 0.310. The standard InChI is InChI=1S/C36H49NO.C5H11N.C2H6/c1-7-12-33(34-22-17-30(8-2)18-23-34)24-26-37(6)25-11-14-31-13-10-15-32(21-19-31)29(5)35-20-16-28(4)36(27-35)38-9-3;1-4-5(2)6-3;1-2/h10,13,16-23,27,33H,5,7-9,11-12,14-15,24-26H2,1-4,6H3;6H,2,4H2,1,3H3;1-2H3. The van der Waals surface area contributed by atoms with Gasteiger partial charge in [-0.2, -0.15) is 0 Å². The predicted molar refractivity (Wildman–Crippen MR) is 206 cm³/mol. The molecule has 0 radical (unpaired) electrons. The van der Waals surface area contributed by atoms with Crippen molar-refractivity contribution < 1.29 is 4.74 Å². The Morgan fingerprint density at radius 2 is 1.67 bits per heavy atom. The average molecular weight is 627 g/mol. The Hall–Kier alpha value is -3.30. The molecule has 0 saturated heterocycles. The summed E-state index contributed by atoms with van der Waals surface area (Å²) >= 11 is 0. The molecule has 1 N–H and O–H groups in total. The van der Waals surface area contributed by atoms with Crippen molar-refractivity contribution in [3.8, 4) is 5.75 Å². The highest BCUT2D eigenvalue weighted by Gasteiger charge is 2.13. The molecule has 0 bridgehead atoms. The molecular formula is C43H66N2O. The molecule has 1 aliphatic carbocycles. The van der Waals surface area contributed by atoms with E-state index in [1.807, 2.05) is 27.8 Å². The largest absolute Gasteiger partial charge is 0.494 e. The summed E-state index contributed by atoms with van der Waals surface area (Å²) in [6, 6.07) is 15.7. The summed E-state index contributed by atoms with van der Waals surface area (Å²) in [7, 11) is 4.16. The van der Waals surface area contributed by atoms with Gasteiger partial charge in [0, 0.05) is 12.7 Å². The second-order valence-corrected chi connectivity index (χ2v) is 11.9. The summed E-state index contributed by atoms with van der Waals surface area (Å²) in [5, 5.41) is 2.92. The van der Waals surface area contributed by atoms with E-state index in [1.165, 1.54) is 48.0 Å². The van der Waals surface area contributed by atoms with Gasteiger partial charge in [0.25, 0.3) is 0 Å². The molecule has 0 heterocycles. The number of benzene rings is 2. The fraction of sp³-hybridized carbons (Fsp3) is 0.488. The first kappa shape index (κ1) is 40.7. The Labute approximate surface area is 284 Å². The second kappa shape index (κ2) is 24.0. The Bertz CT molecular complexity index is 1240. The first-order valence-corrected chi connectivity index (χ1v) is 17.9. The summed E-state index contributed by atoms with van der Waals surface area (Å²) < 4.78 is 5.80. The summed E-state index contributed by atoms with van der Waals surface area (Å²) in [5.74, 6) is 1.61. The molecule has 2 aromatic rings. The lowest BCUT2D eigenvalue weighted by Crippen LogP contribution is -2.22. The van der Waals surface area contributed by atoms with Crippen LogP contribution >= 0.6 is 0 Å². The van der Waals surface area contributed by atoms with Crippen LogP contribution in [0.25, 0.3) is 5.57 Å². The number of aryl methyl sites for hydroxylation is 2. The van der Waals surface area contributed by atoms with Crippen LogP contribution in [0.4, 0.5) is 0 Å². The van der Waals surface area contributed by atoms with Gasteiger partial charge in [-0.25, -0.2) is 0 Å². The van der Waals surface area contributed by atoms with Crippen molar-refractivity contribution in [3.63, 3.8) is 0 Å². The quantitative estimate of drug-likeness (QED) is 0.189. The molecule has 3 rings (SSSR count). The zero-order valence-electron chi connectivity index (χ0n) is 31.0. The summed E-state index contributed by atoms with van der Waals surface area (Å²) in [6.07, 6.45) is 18.2. The molecule has 0 aromatic heterocycles. The second-order valence-electron chi connectivity index (χ2n) is 11.9. The molecule has 3 nitrogen and oxygen atoms in total. The van der Waals surface area contributed by atoms with E-state index >= 15 is 0 Å². The fourth-order valence-corrected chi connectivity index (χ4v) is 5.41. The van der Waals surface area contributed by atoms with Crippen molar-refractivity contribution in [2.45, 2.75) is 106 Å². The van der Waals surface area contributed by atoms with Gasteiger partial charge in [-0.15, -0.1) is 0 Å². The van der Waals surface area contributed by atoms with Crippen LogP contribution in [-0.2, 0) is 6.42 Å². The Morgan fingerprint density at radius 3 is 2.26 bits per heavy atom. The number of hydrogen-bond donors (Lipinski definition) is 1. The van der Waals surface area contributed by atoms with Gasteiger partial charge in [-0.3, -0.25) is 0 Å². The molecule has 1 unspecified atom stereocenters. The first-order valence-electron chi connectivity index (χ1n) is 17.9. The molecule has 2 aromatic carbocycles. The van der Waals surface area contributed by atoms with Gasteiger partial charge in [0.2, 0.25) is 0 Å². The van der Waals surface area contributed by atoms with Crippen LogP contribution in [-0.4, -0.2) is 38.7 Å². The minimum absolute atomic E-state index is 0.663. The Morgan fingerprint density at radius 1 is 0.957 bits per heavy atom. The molecule has 0 saturated carbocycles. The highest BCUT2D eigenvalue weighted by Crippen LogP contribution is 2.31. The number of rotatable bonds is 17. The van der Waals surface area contributed by atoms with Gasteiger partial charge in [0.05, 0.1) is 6.61 Å². The van der Waals surface area contributed by atoms with E-state index in [0.717, 1.165) is 66.9 Å². The number of allylic oxidation sites excluding steroid dienone is 8. The van der Waals surface area contributed by atoms with Crippen molar-refractivity contribution >= 4 is 5.57 Å². The lowest BCUT2D eigenvalue weighted by atomic mass is 9.90. The molecule has 0 aliphatic heterocycles. The Balaban J connectivity index is 0.00000118. The van der Waals surface area contributed by atoms with Crippen molar-refractivity contribution in [3.05, 3.63) is 119 Å². The van der Waals surface area contributed by atoms with E-state index in [0.29, 0.717) is 12.5 Å². The van der Waals surface area contributed by atoms with Gasteiger partial charge >= 0.3 is 0 Å². The molecule has 0 spiro atoms. The SMILES string of the molecule is C=C(C1=CC=C(CCCN(C)CCC(CCC)c2ccc(CC)cc2)C=CC1)c1ccc(C)c(OCC)c1.C=C(CC)NC.CC. The van der Waals surface area contributed by atoms with E-state index in [1.54, 1.807) is 0 Å². The highest BCUT2D eigenvalue weighted by atomic mass is 16.5. The van der Waals surface area contributed by atoms with E-state index < -0.39 is 0 Å². The minimum atomic E-state index is 0.663. The maximum Gasteiger partial charge on any atom is 0.122 e. The van der Waals surface area contributed by atoms with Crippen LogP contribution in [0.3, 0.4) is 0 Å². The van der Waals surface area contributed by atoms with Crippen LogP contribution in [0.15, 0.2) is 96.8 Å². The van der Waals surface area contributed by atoms with Gasteiger partial charge in [-0.1, -0.05) is 115 Å². The number of ether oxygens (including phenoxy) is 1. The van der Waals surface area contributed by atoms with Gasteiger partial charge < -0.3 is 15.0 Å². The zero-order valence-corrected chi connectivity index (χ0v) is 31.0. The third-order valence-corrected chi connectivity index (χ3v) is 8.53. The number of hydrogen-bond acceptors (Lipinski definition) is 3. The topological polar surface area (TPSA) is 24.5 Å².